The minimum absolute atomic E-state index is 0.0334. The van der Waals surface area contributed by atoms with Crippen molar-refractivity contribution in [2.24, 2.45) is 17.8 Å². The lowest BCUT2D eigenvalue weighted by Crippen LogP contribution is -2.40. The van der Waals surface area contributed by atoms with Crippen LogP contribution in [0, 0.1) is 17.8 Å². The number of hydrogen-bond donors (Lipinski definition) is 1. The molecular weight excluding hydrogens is 218 g/mol. The van der Waals surface area contributed by atoms with Crippen molar-refractivity contribution in [3.8, 4) is 0 Å². The molecule has 1 aliphatic heterocycles. The van der Waals surface area contributed by atoms with Crippen LogP contribution in [0.1, 0.15) is 26.2 Å². The maximum absolute atomic E-state index is 12.3. The van der Waals surface area contributed by atoms with Crippen molar-refractivity contribution in [2.45, 2.75) is 26.2 Å². The Hall–Kier alpha value is -1.32. The van der Waals surface area contributed by atoms with Crippen LogP contribution >= 0.6 is 0 Å². The van der Waals surface area contributed by atoms with Gasteiger partial charge in [-0.3, -0.25) is 9.59 Å². The first-order chi connectivity index (χ1) is 8.09. The number of carbonyl (C=O) groups excluding carboxylic acids is 1. The summed E-state index contributed by atoms with van der Waals surface area (Å²) in [5, 5.41) is 9.15. The molecule has 0 aromatic rings. The number of carboxylic acid groups (broad SMARTS) is 1. The van der Waals surface area contributed by atoms with Crippen molar-refractivity contribution >= 4 is 11.9 Å². The van der Waals surface area contributed by atoms with Crippen molar-refractivity contribution < 1.29 is 14.7 Å². The monoisotopic (exact) mass is 237 g/mol. The summed E-state index contributed by atoms with van der Waals surface area (Å²) in [5.41, 5.74) is 0. The summed E-state index contributed by atoms with van der Waals surface area (Å²) in [5.74, 6) is -1.17. The first kappa shape index (κ1) is 12.1. The summed E-state index contributed by atoms with van der Waals surface area (Å²) in [6.07, 6.45) is 5.89. The highest BCUT2D eigenvalue weighted by atomic mass is 16.4. The molecule has 1 fully saturated rings. The molecule has 3 atom stereocenters. The number of allylic oxidation sites excluding steroid dienone is 2. The lowest BCUT2D eigenvalue weighted by atomic mass is 9.82. The Morgan fingerprint density at radius 1 is 1.24 bits per heavy atom. The van der Waals surface area contributed by atoms with Gasteiger partial charge in [0.25, 0.3) is 0 Å². The van der Waals surface area contributed by atoms with Gasteiger partial charge in [-0.25, -0.2) is 0 Å². The topological polar surface area (TPSA) is 57.6 Å². The third-order valence-electron chi connectivity index (χ3n) is 3.80. The van der Waals surface area contributed by atoms with Crippen LogP contribution in [0.4, 0.5) is 0 Å². The van der Waals surface area contributed by atoms with Crippen LogP contribution in [0.5, 0.6) is 0 Å². The zero-order valence-electron chi connectivity index (χ0n) is 10.1. The summed E-state index contributed by atoms with van der Waals surface area (Å²) in [6.45, 7) is 3.70. The highest BCUT2D eigenvalue weighted by molar-refractivity contribution is 5.85. The molecule has 1 aliphatic carbocycles. The molecule has 4 nitrogen and oxygen atoms in total. The third-order valence-corrected chi connectivity index (χ3v) is 3.80. The van der Waals surface area contributed by atoms with Crippen LogP contribution in [-0.4, -0.2) is 35.0 Å². The van der Waals surface area contributed by atoms with Gasteiger partial charge in [-0.1, -0.05) is 19.1 Å². The molecule has 1 N–H and O–H groups in total. The van der Waals surface area contributed by atoms with Crippen LogP contribution in [0.3, 0.4) is 0 Å². The lowest BCUT2D eigenvalue weighted by molar-refractivity contribution is -0.150. The standard InChI is InChI=1S/C13H19NO3/c1-9-6-7-14(8-9)12(15)10-4-2-3-5-11(10)13(16)17/h2-3,9-11H,4-8H2,1H3,(H,16,17). The molecule has 1 saturated heterocycles. The number of amides is 1. The molecule has 1 amide bonds. The average Bonchev–Trinajstić information content (AvgIpc) is 2.75. The van der Waals surface area contributed by atoms with Gasteiger partial charge in [0.2, 0.25) is 5.91 Å². The molecular formula is C13H19NO3. The Kier molecular flexibility index (Phi) is 3.50. The van der Waals surface area contributed by atoms with Crippen LogP contribution < -0.4 is 0 Å². The fraction of sp³-hybridized carbons (Fsp3) is 0.692. The normalized spacial score (nSPS) is 32.8. The van der Waals surface area contributed by atoms with Crippen LogP contribution in [0.2, 0.25) is 0 Å². The van der Waals surface area contributed by atoms with Crippen LogP contribution in [-0.2, 0) is 9.59 Å². The molecule has 0 bridgehead atoms. The van der Waals surface area contributed by atoms with Crippen molar-refractivity contribution in [1.29, 1.82) is 0 Å². The van der Waals surface area contributed by atoms with E-state index in [4.69, 9.17) is 5.11 Å². The largest absolute Gasteiger partial charge is 0.481 e. The molecule has 4 heteroatoms. The molecule has 0 aromatic carbocycles. The van der Waals surface area contributed by atoms with E-state index in [1.54, 1.807) is 0 Å². The minimum atomic E-state index is -0.847. The smallest absolute Gasteiger partial charge is 0.307 e. The second-order valence-electron chi connectivity index (χ2n) is 5.17. The van der Waals surface area contributed by atoms with E-state index in [1.807, 2.05) is 17.1 Å². The molecule has 3 unspecified atom stereocenters. The molecule has 17 heavy (non-hydrogen) atoms. The van der Waals surface area contributed by atoms with Gasteiger partial charge in [0, 0.05) is 13.1 Å². The molecule has 94 valence electrons. The maximum Gasteiger partial charge on any atom is 0.307 e. The molecule has 1 heterocycles. The molecule has 2 aliphatic rings. The minimum Gasteiger partial charge on any atom is -0.481 e. The van der Waals surface area contributed by atoms with Gasteiger partial charge < -0.3 is 10.0 Å². The van der Waals surface area contributed by atoms with Gasteiger partial charge in [0.05, 0.1) is 11.8 Å². The predicted octanol–water partition coefficient (Wildman–Crippen LogP) is 1.52. The molecule has 2 rings (SSSR count). The first-order valence-electron chi connectivity index (χ1n) is 6.26. The second kappa shape index (κ2) is 4.90. The predicted molar refractivity (Wildman–Crippen MR) is 63.4 cm³/mol. The average molecular weight is 237 g/mol. The maximum atomic E-state index is 12.3. The van der Waals surface area contributed by atoms with Gasteiger partial charge in [0.15, 0.2) is 0 Å². The van der Waals surface area contributed by atoms with E-state index < -0.39 is 11.9 Å². The van der Waals surface area contributed by atoms with Crippen LogP contribution in [0.25, 0.3) is 0 Å². The van der Waals surface area contributed by atoms with Crippen molar-refractivity contribution in [1.82, 2.24) is 4.90 Å². The van der Waals surface area contributed by atoms with E-state index in [9.17, 15) is 9.59 Å². The van der Waals surface area contributed by atoms with Gasteiger partial charge in [-0.05, 0) is 25.2 Å². The number of nitrogens with zero attached hydrogens (tertiary/aromatic N) is 1. The summed E-state index contributed by atoms with van der Waals surface area (Å²) in [6, 6.07) is 0. The molecule has 0 radical (unpaired) electrons. The van der Waals surface area contributed by atoms with E-state index in [0.29, 0.717) is 18.8 Å². The summed E-state index contributed by atoms with van der Waals surface area (Å²) in [4.78, 5) is 25.3. The zero-order chi connectivity index (χ0) is 12.4. The van der Waals surface area contributed by atoms with E-state index in [-0.39, 0.29) is 11.8 Å². The number of carbonyl (C=O) groups is 2. The Balaban J connectivity index is 2.07. The van der Waals surface area contributed by atoms with Gasteiger partial charge in [0.1, 0.15) is 0 Å². The van der Waals surface area contributed by atoms with E-state index in [0.717, 1.165) is 19.5 Å². The van der Waals surface area contributed by atoms with Crippen molar-refractivity contribution in [3.05, 3.63) is 12.2 Å². The quantitative estimate of drug-likeness (QED) is 0.741. The first-order valence-corrected chi connectivity index (χ1v) is 6.26. The van der Waals surface area contributed by atoms with Crippen LogP contribution in [0.15, 0.2) is 12.2 Å². The van der Waals surface area contributed by atoms with Crippen molar-refractivity contribution in [3.63, 3.8) is 0 Å². The summed E-state index contributed by atoms with van der Waals surface area (Å²) >= 11 is 0. The number of carboxylic acids is 1. The molecule has 0 saturated carbocycles. The number of rotatable bonds is 2. The number of likely N-dealkylation sites (tertiary alicyclic amines) is 1. The van der Waals surface area contributed by atoms with E-state index >= 15 is 0 Å². The van der Waals surface area contributed by atoms with E-state index in [1.165, 1.54) is 0 Å². The highest BCUT2D eigenvalue weighted by Gasteiger charge is 2.37. The van der Waals surface area contributed by atoms with E-state index in [2.05, 4.69) is 6.92 Å². The SMILES string of the molecule is CC1CCN(C(=O)C2CC=CCC2C(=O)O)C1. The fourth-order valence-electron chi connectivity index (χ4n) is 2.73. The van der Waals surface area contributed by atoms with Gasteiger partial charge in [-0.15, -0.1) is 0 Å². The lowest BCUT2D eigenvalue weighted by Gasteiger charge is -2.28. The fourth-order valence-corrected chi connectivity index (χ4v) is 2.73. The Labute approximate surface area is 101 Å². The Morgan fingerprint density at radius 3 is 2.41 bits per heavy atom. The summed E-state index contributed by atoms with van der Waals surface area (Å²) in [7, 11) is 0. The van der Waals surface area contributed by atoms with Gasteiger partial charge in [-0.2, -0.15) is 0 Å². The summed E-state index contributed by atoms with van der Waals surface area (Å²) < 4.78 is 0. The Bertz CT molecular complexity index is 351. The van der Waals surface area contributed by atoms with Crippen molar-refractivity contribution in [2.75, 3.05) is 13.1 Å². The third kappa shape index (κ3) is 2.51. The number of hydrogen-bond acceptors (Lipinski definition) is 2. The Morgan fingerprint density at radius 2 is 1.88 bits per heavy atom. The molecule has 0 aromatic heterocycles. The zero-order valence-corrected chi connectivity index (χ0v) is 10.1. The number of aliphatic carboxylic acids is 1. The highest BCUT2D eigenvalue weighted by Crippen LogP contribution is 2.29. The van der Waals surface area contributed by atoms with Gasteiger partial charge >= 0.3 is 5.97 Å². The second-order valence-corrected chi connectivity index (χ2v) is 5.17. The molecule has 0 spiro atoms.